The first-order valence-corrected chi connectivity index (χ1v) is 12.8. The van der Waals surface area contributed by atoms with Crippen molar-refractivity contribution in [3.05, 3.63) is 90.1 Å². The fraction of sp³-hybridized carbons (Fsp3) is 0.200. The predicted octanol–water partition coefficient (Wildman–Crippen LogP) is 3.30. The van der Waals surface area contributed by atoms with Crippen molar-refractivity contribution in [1.29, 1.82) is 0 Å². The number of hydrogen-bond acceptors (Lipinski definition) is 5. The van der Waals surface area contributed by atoms with Crippen molar-refractivity contribution < 1.29 is 23.9 Å². The number of aromatic nitrogens is 1. The number of aromatic amines is 1. The number of ether oxygens (including phenoxy) is 1. The number of fused-ring (bicyclic) bond motifs is 2. The van der Waals surface area contributed by atoms with Crippen LogP contribution in [0.3, 0.4) is 0 Å². The fourth-order valence-electron chi connectivity index (χ4n) is 5.34. The quantitative estimate of drug-likeness (QED) is 0.266. The van der Waals surface area contributed by atoms with Gasteiger partial charge >= 0.3 is 0 Å². The zero-order chi connectivity index (χ0) is 28.6. The van der Waals surface area contributed by atoms with Crippen LogP contribution in [0, 0.1) is 5.92 Å². The maximum atomic E-state index is 14.4. The first-order chi connectivity index (χ1) is 19.2. The summed E-state index contributed by atoms with van der Waals surface area (Å²) in [4.78, 5) is 58.9. The Labute approximate surface area is 230 Å². The van der Waals surface area contributed by atoms with Crippen molar-refractivity contribution in [3.8, 4) is 5.75 Å². The number of carbonyl (C=O) groups excluding carboxylic acids is 4. The topological polar surface area (TPSA) is 147 Å². The first-order valence-electron chi connectivity index (χ1n) is 12.8. The highest BCUT2D eigenvalue weighted by Crippen LogP contribution is 2.44. The van der Waals surface area contributed by atoms with Crippen LogP contribution in [0.25, 0.3) is 10.9 Å². The summed E-state index contributed by atoms with van der Waals surface area (Å²) in [7, 11) is 1.52. The molecule has 2 unspecified atom stereocenters. The van der Waals surface area contributed by atoms with E-state index in [9.17, 15) is 19.2 Å². The van der Waals surface area contributed by atoms with Crippen LogP contribution in [0.5, 0.6) is 5.75 Å². The molecule has 4 aromatic rings. The summed E-state index contributed by atoms with van der Waals surface area (Å²) in [5.41, 5.74) is 6.30. The van der Waals surface area contributed by atoms with Crippen molar-refractivity contribution in [2.24, 2.45) is 11.7 Å². The van der Waals surface area contributed by atoms with Gasteiger partial charge in [0, 0.05) is 10.9 Å². The number of H-pyrrole nitrogens is 1. The van der Waals surface area contributed by atoms with Crippen molar-refractivity contribution in [1.82, 2.24) is 10.3 Å². The number of primary amides is 1. The molecule has 3 aromatic carbocycles. The molecule has 4 amide bonds. The van der Waals surface area contributed by atoms with Gasteiger partial charge < -0.3 is 26.1 Å². The van der Waals surface area contributed by atoms with Crippen LogP contribution in [0.4, 0.5) is 11.4 Å². The summed E-state index contributed by atoms with van der Waals surface area (Å²) in [6.45, 7) is 3.53. The van der Waals surface area contributed by atoms with Crippen LogP contribution in [0.2, 0.25) is 0 Å². The van der Waals surface area contributed by atoms with E-state index in [2.05, 4.69) is 15.6 Å². The summed E-state index contributed by atoms with van der Waals surface area (Å²) in [6.07, 6.45) is 0. The third-order valence-electron chi connectivity index (χ3n) is 7.28. The summed E-state index contributed by atoms with van der Waals surface area (Å²) < 4.78 is 5.28. The zero-order valence-corrected chi connectivity index (χ0v) is 22.2. The smallest absolute Gasteiger partial charge is 0.268 e. The number of amides is 4. The molecule has 10 nitrogen and oxygen atoms in total. The van der Waals surface area contributed by atoms with Gasteiger partial charge in [0.05, 0.1) is 18.5 Å². The van der Waals surface area contributed by atoms with Gasteiger partial charge in [-0.2, -0.15) is 0 Å². The van der Waals surface area contributed by atoms with Crippen molar-refractivity contribution in [2.45, 2.75) is 25.4 Å². The maximum absolute atomic E-state index is 14.4. The number of methoxy groups -OCH3 is 1. The molecular formula is C30H29N5O5. The van der Waals surface area contributed by atoms with Crippen molar-refractivity contribution in [2.75, 3.05) is 17.3 Å². The lowest BCUT2D eigenvalue weighted by Gasteiger charge is -2.45. The molecule has 0 spiro atoms. The van der Waals surface area contributed by atoms with Gasteiger partial charge in [0.25, 0.3) is 17.7 Å². The second-order valence-electron chi connectivity index (χ2n) is 9.87. The Morgan fingerprint density at radius 2 is 1.68 bits per heavy atom. The molecule has 5 N–H and O–H groups in total. The Balaban J connectivity index is 1.65. The van der Waals surface area contributed by atoms with E-state index >= 15 is 0 Å². The average Bonchev–Trinajstić information content (AvgIpc) is 3.35. The Morgan fingerprint density at radius 1 is 1.00 bits per heavy atom. The SMILES string of the molecule is COc1ccc(C(C(N)=O)(C(C)C)N2C(=O)C(NC(=O)c3cc4ccccc4[nH]3)C(=O)Nc3ccccc32)cc1. The minimum atomic E-state index is -1.73. The summed E-state index contributed by atoms with van der Waals surface area (Å²) in [5.74, 6) is -3.01. The Bertz CT molecular complexity index is 1590. The third kappa shape index (κ3) is 4.23. The number of nitrogens with two attached hydrogens (primary N) is 1. The second kappa shape index (κ2) is 10.2. The van der Waals surface area contributed by atoms with Gasteiger partial charge in [0.1, 0.15) is 11.4 Å². The number of anilines is 2. The van der Waals surface area contributed by atoms with Crippen LogP contribution in [0.1, 0.15) is 29.9 Å². The lowest BCUT2D eigenvalue weighted by molar-refractivity contribution is -0.133. The third-order valence-corrected chi connectivity index (χ3v) is 7.28. The molecule has 1 aliphatic heterocycles. The van der Waals surface area contributed by atoms with Crippen LogP contribution in [-0.4, -0.2) is 41.8 Å². The minimum Gasteiger partial charge on any atom is -0.497 e. The highest BCUT2D eigenvalue weighted by atomic mass is 16.5. The molecule has 0 fully saturated rings. The molecule has 0 bridgehead atoms. The highest BCUT2D eigenvalue weighted by Gasteiger charge is 2.54. The lowest BCUT2D eigenvalue weighted by Crippen LogP contribution is -2.65. The van der Waals surface area contributed by atoms with E-state index in [4.69, 9.17) is 10.5 Å². The summed E-state index contributed by atoms with van der Waals surface area (Å²) in [6, 6.07) is 20.6. The zero-order valence-electron chi connectivity index (χ0n) is 22.2. The van der Waals surface area contributed by atoms with Crippen LogP contribution in [0.15, 0.2) is 78.9 Å². The molecule has 204 valence electrons. The monoisotopic (exact) mass is 539 g/mol. The van der Waals surface area contributed by atoms with E-state index in [1.165, 1.54) is 12.0 Å². The number of carbonyl (C=O) groups is 4. The standard InChI is InChI=1S/C30H29N5O5/c1-17(2)30(29(31)39,19-12-14-20(40-3)15-13-19)35-24-11-7-6-10-22(24)33-27(37)25(28(35)38)34-26(36)23-16-18-8-4-5-9-21(18)32-23/h4-17,25,32H,1-3H3,(H2,31,39)(H,33,37)(H,34,36). The van der Waals surface area contributed by atoms with Crippen molar-refractivity contribution in [3.63, 3.8) is 0 Å². The molecule has 0 saturated carbocycles. The largest absolute Gasteiger partial charge is 0.497 e. The maximum Gasteiger partial charge on any atom is 0.268 e. The van der Waals surface area contributed by atoms with E-state index in [1.54, 1.807) is 68.4 Å². The van der Waals surface area contributed by atoms with Gasteiger partial charge in [0.15, 0.2) is 11.6 Å². The molecule has 0 radical (unpaired) electrons. The number of hydrogen-bond donors (Lipinski definition) is 4. The van der Waals surface area contributed by atoms with Gasteiger partial charge in [-0.3, -0.25) is 24.1 Å². The molecule has 1 aliphatic rings. The molecule has 0 aliphatic carbocycles. The van der Waals surface area contributed by atoms with Crippen molar-refractivity contribution >= 4 is 45.9 Å². The van der Waals surface area contributed by atoms with Gasteiger partial charge in [-0.25, -0.2) is 0 Å². The number of para-hydroxylation sites is 3. The predicted molar refractivity (Wildman–Crippen MR) is 151 cm³/mol. The van der Waals surface area contributed by atoms with E-state index in [-0.39, 0.29) is 11.4 Å². The fourth-order valence-corrected chi connectivity index (χ4v) is 5.34. The lowest BCUT2D eigenvalue weighted by atomic mass is 9.76. The molecule has 10 heteroatoms. The second-order valence-corrected chi connectivity index (χ2v) is 9.87. The van der Waals surface area contributed by atoms with E-state index in [0.29, 0.717) is 17.0 Å². The number of rotatable bonds is 7. The van der Waals surface area contributed by atoms with Crippen LogP contribution < -0.4 is 26.0 Å². The van der Waals surface area contributed by atoms with E-state index in [1.807, 2.05) is 24.3 Å². The van der Waals surface area contributed by atoms with Gasteiger partial charge in [-0.05, 0) is 47.9 Å². The van der Waals surface area contributed by atoms with E-state index < -0.39 is 41.1 Å². The Hall–Kier alpha value is -5.12. The number of benzene rings is 3. The molecule has 5 rings (SSSR count). The summed E-state index contributed by atoms with van der Waals surface area (Å²) in [5, 5.41) is 6.11. The van der Waals surface area contributed by atoms with E-state index in [0.717, 1.165) is 10.9 Å². The minimum absolute atomic E-state index is 0.176. The van der Waals surface area contributed by atoms with Crippen LogP contribution in [-0.2, 0) is 19.9 Å². The molecule has 1 aromatic heterocycles. The molecular weight excluding hydrogens is 510 g/mol. The highest BCUT2D eigenvalue weighted by molar-refractivity contribution is 6.23. The first kappa shape index (κ1) is 26.5. The molecule has 2 heterocycles. The van der Waals surface area contributed by atoms with Gasteiger partial charge in [0.2, 0.25) is 5.91 Å². The van der Waals surface area contributed by atoms with Gasteiger partial charge in [-0.1, -0.05) is 56.3 Å². The molecule has 0 saturated heterocycles. The molecule has 40 heavy (non-hydrogen) atoms. The summed E-state index contributed by atoms with van der Waals surface area (Å²) >= 11 is 0. The number of nitrogens with one attached hydrogen (secondary N) is 3. The van der Waals surface area contributed by atoms with Gasteiger partial charge in [-0.15, -0.1) is 0 Å². The normalized spacial score (nSPS) is 16.6. The average molecular weight is 540 g/mol. The molecule has 2 atom stereocenters. The van der Waals surface area contributed by atoms with Crippen LogP contribution >= 0.6 is 0 Å². The Morgan fingerprint density at radius 3 is 2.33 bits per heavy atom. The number of nitrogens with zero attached hydrogens (tertiary/aromatic N) is 1. The Kier molecular flexibility index (Phi) is 6.76.